The summed E-state index contributed by atoms with van der Waals surface area (Å²) in [6, 6.07) is 5.72. The summed E-state index contributed by atoms with van der Waals surface area (Å²) in [5.74, 6) is -0.00833. The van der Waals surface area contributed by atoms with Gasteiger partial charge in [-0.2, -0.15) is 0 Å². The first-order chi connectivity index (χ1) is 8.71. The first kappa shape index (κ1) is 14.3. The molecule has 1 N–H and O–H groups in total. The summed E-state index contributed by atoms with van der Waals surface area (Å²) in [5.41, 5.74) is 1.65. The third-order valence-electron chi connectivity index (χ3n) is 5.11. The maximum atomic E-state index is 13.4. The van der Waals surface area contributed by atoms with Crippen molar-refractivity contribution in [3.05, 3.63) is 29.6 Å². The lowest BCUT2D eigenvalue weighted by atomic mass is 10.0. The molecule has 1 aromatic carbocycles. The van der Waals surface area contributed by atoms with E-state index in [1.165, 1.54) is 13.2 Å². The Morgan fingerprint density at radius 2 is 1.79 bits per heavy atom. The van der Waals surface area contributed by atoms with E-state index in [-0.39, 0.29) is 11.9 Å². The highest BCUT2D eigenvalue weighted by molar-refractivity contribution is 5.32. The molecule has 0 aromatic heterocycles. The summed E-state index contributed by atoms with van der Waals surface area (Å²) in [6.07, 6.45) is 0. The van der Waals surface area contributed by atoms with E-state index < -0.39 is 0 Å². The van der Waals surface area contributed by atoms with E-state index >= 15 is 0 Å². The van der Waals surface area contributed by atoms with Crippen molar-refractivity contribution in [2.24, 2.45) is 10.8 Å². The molecule has 0 spiro atoms. The number of benzene rings is 1. The van der Waals surface area contributed by atoms with Gasteiger partial charge < -0.3 is 10.1 Å². The fourth-order valence-electron chi connectivity index (χ4n) is 2.90. The Hall–Kier alpha value is -1.09. The molecule has 0 aliphatic heterocycles. The number of ether oxygens (including phenoxy) is 1. The molecule has 1 aromatic rings. The van der Waals surface area contributed by atoms with Crippen molar-refractivity contribution in [3.63, 3.8) is 0 Å². The summed E-state index contributed by atoms with van der Waals surface area (Å²) in [4.78, 5) is 0. The van der Waals surface area contributed by atoms with Crippen LogP contribution in [0.25, 0.3) is 0 Å². The van der Waals surface area contributed by atoms with E-state index in [1.54, 1.807) is 6.07 Å². The molecule has 1 aliphatic carbocycles. The van der Waals surface area contributed by atoms with Gasteiger partial charge in [-0.1, -0.05) is 33.8 Å². The monoisotopic (exact) mass is 265 g/mol. The number of hydrogen-bond donors (Lipinski definition) is 1. The zero-order chi connectivity index (χ0) is 14.4. The lowest BCUT2D eigenvalue weighted by molar-refractivity contribution is 0.384. The molecule has 106 valence electrons. The lowest BCUT2D eigenvalue weighted by Gasteiger charge is -2.17. The van der Waals surface area contributed by atoms with Crippen LogP contribution in [0.1, 0.15) is 46.2 Å². The molecule has 0 radical (unpaired) electrons. The van der Waals surface area contributed by atoms with Gasteiger partial charge in [-0.15, -0.1) is 0 Å². The zero-order valence-corrected chi connectivity index (χ0v) is 12.7. The molecule has 19 heavy (non-hydrogen) atoms. The standard InChI is InChI=1S/C16H24FNO/c1-10(18-14-15(2,3)16(14,4)5)11-7-8-12(17)13(9-11)19-6/h7-10,14,18H,1-6H3. The molecule has 0 bridgehead atoms. The molecule has 2 rings (SSSR count). The second kappa shape index (κ2) is 4.48. The molecular weight excluding hydrogens is 241 g/mol. The van der Waals surface area contributed by atoms with Gasteiger partial charge >= 0.3 is 0 Å². The maximum Gasteiger partial charge on any atom is 0.165 e. The van der Waals surface area contributed by atoms with Gasteiger partial charge in [0.05, 0.1) is 7.11 Å². The predicted octanol–water partition coefficient (Wildman–Crippen LogP) is 3.92. The molecule has 0 amide bonds. The Labute approximate surface area is 115 Å². The van der Waals surface area contributed by atoms with Gasteiger partial charge in [0.2, 0.25) is 0 Å². The van der Waals surface area contributed by atoms with Crippen molar-refractivity contribution in [2.75, 3.05) is 7.11 Å². The number of hydrogen-bond acceptors (Lipinski definition) is 2. The minimum atomic E-state index is -0.314. The first-order valence-electron chi connectivity index (χ1n) is 6.81. The van der Waals surface area contributed by atoms with Gasteiger partial charge in [0.1, 0.15) is 0 Å². The molecule has 0 saturated heterocycles. The third kappa shape index (κ3) is 2.25. The molecule has 2 nitrogen and oxygen atoms in total. The summed E-state index contributed by atoms with van der Waals surface area (Å²) < 4.78 is 18.4. The lowest BCUT2D eigenvalue weighted by Crippen LogP contribution is -2.25. The van der Waals surface area contributed by atoms with E-state index in [9.17, 15) is 4.39 Å². The van der Waals surface area contributed by atoms with Gasteiger partial charge in [0.15, 0.2) is 11.6 Å². The molecule has 0 heterocycles. The zero-order valence-electron chi connectivity index (χ0n) is 12.7. The molecular formula is C16H24FNO. The Morgan fingerprint density at radius 1 is 1.21 bits per heavy atom. The van der Waals surface area contributed by atoms with Crippen molar-refractivity contribution >= 4 is 0 Å². The van der Waals surface area contributed by atoms with Gasteiger partial charge in [0.25, 0.3) is 0 Å². The van der Waals surface area contributed by atoms with Gasteiger partial charge in [-0.25, -0.2) is 4.39 Å². The van der Waals surface area contributed by atoms with Crippen LogP contribution in [-0.4, -0.2) is 13.2 Å². The Bertz CT molecular complexity index is 468. The highest BCUT2D eigenvalue weighted by Gasteiger charge is 2.64. The van der Waals surface area contributed by atoms with E-state index in [1.807, 2.05) is 6.07 Å². The fraction of sp³-hybridized carbons (Fsp3) is 0.625. The number of nitrogens with one attached hydrogen (secondary N) is 1. The normalized spacial score (nSPS) is 22.1. The second-order valence-electron chi connectivity index (χ2n) is 6.66. The van der Waals surface area contributed by atoms with E-state index in [0.29, 0.717) is 22.6 Å². The minimum Gasteiger partial charge on any atom is -0.494 e. The maximum absolute atomic E-state index is 13.4. The Kier molecular flexibility index (Phi) is 3.38. The summed E-state index contributed by atoms with van der Waals surface area (Å²) in [5, 5.41) is 3.64. The molecule has 1 saturated carbocycles. The predicted molar refractivity (Wildman–Crippen MR) is 75.9 cm³/mol. The van der Waals surface area contributed by atoms with Crippen LogP contribution in [0.5, 0.6) is 5.75 Å². The van der Waals surface area contributed by atoms with Crippen LogP contribution in [0.2, 0.25) is 0 Å². The molecule has 1 aliphatic rings. The van der Waals surface area contributed by atoms with Crippen LogP contribution in [-0.2, 0) is 0 Å². The summed E-state index contributed by atoms with van der Waals surface area (Å²) in [6.45, 7) is 11.2. The first-order valence-corrected chi connectivity index (χ1v) is 6.81. The topological polar surface area (TPSA) is 21.3 Å². The number of halogens is 1. The van der Waals surface area contributed by atoms with Gasteiger partial charge in [-0.3, -0.25) is 0 Å². The van der Waals surface area contributed by atoms with Crippen LogP contribution in [0.3, 0.4) is 0 Å². The van der Waals surface area contributed by atoms with Crippen molar-refractivity contribution in [1.82, 2.24) is 5.32 Å². The fourth-order valence-corrected chi connectivity index (χ4v) is 2.90. The van der Waals surface area contributed by atoms with E-state index in [2.05, 4.69) is 39.9 Å². The van der Waals surface area contributed by atoms with E-state index in [0.717, 1.165) is 5.56 Å². The average molecular weight is 265 g/mol. The average Bonchev–Trinajstić information content (AvgIpc) is 2.72. The largest absolute Gasteiger partial charge is 0.494 e. The number of rotatable bonds is 4. The molecule has 1 fully saturated rings. The van der Waals surface area contributed by atoms with Crippen LogP contribution >= 0.6 is 0 Å². The van der Waals surface area contributed by atoms with Crippen LogP contribution in [0, 0.1) is 16.6 Å². The Morgan fingerprint density at radius 3 is 2.26 bits per heavy atom. The van der Waals surface area contributed by atoms with Gasteiger partial charge in [0, 0.05) is 12.1 Å². The highest BCUT2D eigenvalue weighted by atomic mass is 19.1. The van der Waals surface area contributed by atoms with Gasteiger partial charge in [-0.05, 0) is 35.4 Å². The van der Waals surface area contributed by atoms with Crippen LogP contribution in [0.15, 0.2) is 18.2 Å². The number of methoxy groups -OCH3 is 1. The van der Waals surface area contributed by atoms with Crippen molar-refractivity contribution in [1.29, 1.82) is 0 Å². The molecule has 1 atom stereocenters. The quantitative estimate of drug-likeness (QED) is 0.891. The summed E-state index contributed by atoms with van der Waals surface area (Å²) in [7, 11) is 1.49. The SMILES string of the molecule is COc1cc(C(C)NC2C(C)(C)C2(C)C)ccc1F. The molecule has 1 unspecified atom stereocenters. The van der Waals surface area contributed by atoms with Crippen molar-refractivity contribution in [2.45, 2.75) is 46.7 Å². The van der Waals surface area contributed by atoms with Crippen molar-refractivity contribution < 1.29 is 9.13 Å². The van der Waals surface area contributed by atoms with Crippen LogP contribution < -0.4 is 10.1 Å². The second-order valence-corrected chi connectivity index (χ2v) is 6.66. The smallest absolute Gasteiger partial charge is 0.165 e. The molecule has 3 heteroatoms. The Balaban J connectivity index is 2.12. The highest BCUT2D eigenvalue weighted by Crippen LogP contribution is 2.63. The van der Waals surface area contributed by atoms with E-state index in [4.69, 9.17) is 4.74 Å². The van der Waals surface area contributed by atoms with Crippen LogP contribution in [0.4, 0.5) is 4.39 Å². The summed E-state index contributed by atoms with van der Waals surface area (Å²) >= 11 is 0. The minimum absolute atomic E-state index is 0.181. The van der Waals surface area contributed by atoms with Crippen molar-refractivity contribution in [3.8, 4) is 5.75 Å². The third-order valence-corrected chi connectivity index (χ3v) is 5.11.